The Kier molecular flexibility index (Phi) is 5.92. The van der Waals surface area contributed by atoms with Gasteiger partial charge in [-0.3, -0.25) is 9.59 Å². The van der Waals surface area contributed by atoms with Gasteiger partial charge in [0, 0.05) is 24.7 Å². The molecule has 0 spiro atoms. The van der Waals surface area contributed by atoms with Gasteiger partial charge in [-0.1, -0.05) is 17.7 Å². The number of benzene rings is 1. The predicted octanol–water partition coefficient (Wildman–Crippen LogP) is 4.95. The molecule has 0 amide bonds. The lowest BCUT2D eigenvalue weighted by atomic mass is 9.90. The summed E-state index contributed by atoms with van der Waals surface area (Å²) in [7, 11) is -1.41. The van der Waals surface area contributed by atoms with Gasteiger partial charge in [0.25, 0.3) is 0 Å². The van der Waals surface area contributed by atoms with E-state index in [-0.39, 0.29) is 46.2 Å². The van der Waals surface area contributed by atoms with Gasteiger partial charge in [0.05, 0.1) is 26.1 Å². The van der Waals surface area contributed by atoms with Crippen molar-refractivity contribution < 1.29 is 23.6 Å². The predicted molar refractivity (Wildman–Crippen MR) is 110 cm³/mol. The molecular formula is C19H18ClNO5S2. The topological polar surface area (TPSA) is 93.0 Å². The Bertz CT molecular complexity index is 1100. The molecule has 6 nitrogen and oxygen atoms in total. The Morgan fingerprint density at radius 2 is 2.07 bits per heavy atom. The second-order valence-electron chi connectivity index (χ2n) is 6.23. The summed E-state index contributed by atoms with van der Waals surface area (Å²) in [6, 6.07) is 6.36. The number of carbonyl (C=O) groups is 2. The van der Waals surface area contributed by atoms with Gasteiger partial charge < -0.3 is 9.84 Å². The number of hydrogen-bond acceptors (Lipinski definition) is 7. The molecule has 1 aliphatic carbocycles. The smallest absolute Gasteiger partial charge is 0.201 e. The molecule has 1 atom stereocenters. The molecule has 0 aliphatic heterocycles. The molecule has 148 valence electrons. The molecular weight excluding hydrogens is 422 g/mol. The summed E-state index contributed by atoms with van der Waals surface area (Å²) in [4.78, 5) is 25.1. The van der Waals surface area contributed by atoms with Crippen LogP contribution in [0, 0.1) is 0 Å². The molecule has 1 N–H and O–H groups in total. The monoisotopic (exact) mass is 439 g/mol. The van der Waals surface area contributed by atoms with Crippen LogP contribution in [0.2, 0.25) is 5.02 Å². The van der Waals surface area contributed by atoms with Gasteiger partial charge in [-0.15, -0.1) is 11.3 Å². The van der Waals surface area contributed by atoms with Crippen LogP contribution in [-0.4, -0.2) is 34.2 Å². The van der Waals surface area contributed by atoms with Crippen LogP contribution < -0.4 is 4.74 Å². The number of allylic oxidation sites excluding steroid dienone is 2. The number of Topliss-reactive ketones (excluding diaryl/α,β-unsaturated/α-hetero) is 2. The Morgan fingerprint density at radius 1 is 1.32 bits per heavy atom. The Balaban J connectivity index is 2.17. The van der Waals surface area contributed by atoms with E-state index in [0.29, 0.717) is 10.6 Å². The number of methoxy groups -OCH3 is 1. The van der Waals surface area contributed by atoms with E-state index in [1.54, 1.807) is 17.5 Å². The van der Waals surface area contributed by atoms with Gasteiger partial charge in [-0.2, -0.15) is 4.36 Å². The molecule has 0 radical (unpaired) electrons. The number of rotatable bonds is 5. The summed E-state index contributed by atoms with van der Waals surface area (Å²) in [5, 5.41) is 11.8. The minimum Gasteiger partial charge on any atom is -0.511 e. The third-order valence-electron chi connectivity index (χ3n) is 4.29. The summed E-state index contributed by atoms with van der Waals surface area (Å²) >= 11 is 7.73. The standard InChI is InChI=1S/C19H18ClNO5S2/c1-26-14-9-8-11(19(24)16-12(22)5-3-6-13(16)23)17(20)18(14)21-28(2,25)15-7-4-10-27-15/h4,7-10,22H,3,5-6H2,1-2H3. The van der Waals surface area contributed by atoms with Crippen LogP contribution in [0.25, 0.3) is 0 Å². The zero-order valence-electron chi connectivity index (χ0n) is 15.2. The Morgan fingerprint density at radius 3 is 2.68 bits per heavy atom. The fourth-order valence-corrected chi connectivity index (χ4v) is 5.62. The third kappa shape index (κ3) is 3.85. The average molecular weight is 440 g/mol. The number of ether oxygens (including phenoxy) is 1. The van der Waals surface area contributed by atoms with Crippen molar-refractivity contribution in [2.45, 2.75) is 23.5 Å². The number of thiophene rings is 1. The van der Waals surface area contributed by atoms with Crippen LogP contribution in [-0.2, 0) is 14.5 Å². The molecule has 1 aliphatic rings. The van der Waals surface area contributed by atoms with E-state index in [2.05, 4.69) is 4.36 Å². The molecule has 1 aromatic carbocycles. The summed E-state index contributed by atoms with van der Waals surface area (Å²) in [6.45, 7) is 0. The molecule has 1 unspecified atom stereocenters. The summed E-state index contributed by atoms with van der Waals surface area (Å²) < 4.78 is 23.2. The maximum atomic E-state index is 13.1. The van der Waals surface area contributed by atoms with E-state index in [4.69, 9.17) is 16.3 Å². The Labute approximate surface area is 172 Å². The van der Waals surface area contributed by atoms with Crippen LogP contribution in [0.15, 0.2) is 49.5 Å². The molecule has 28 heavy (non-hydrogen) atoms. The van der Waals surface area contributed by atoms with E-state index in [1.807, 2.05) is 0 Å². The van der Waals surface area contributed by atoms with E-state index in [9.17, 15) is 18.9 Å². The molecule has 0 saturated carbocycles. The van der Waals surface area contributed by atoms with Gasteiger partial charge in [0.1, 0.15) is 22.8 Å². The molecule has 0 saturated heterocycles. The molecule has 2 aromatic rings. The first-order valence-corrected chi connectivity index (χ1v) is 11.6. The number of aliphatic hydroxyl groups excluding tert-OH is 1. The zero-order chi connectivity index (χ0) is 20.5. The number of hydrogen-bond donors (Lipinski definition) is 1. The number of nitrogens with zero attached hydrogens (tertiary/aromatic N) is 1. The third-order valence-corrected chi connectivity index (χ3v) is 7.96. The summed E-state index contributed by atoms with van der Waals surface area (Å²) in [5.74, 6) is -1.08. The molecule has 0 fully saturated rings. The van der Waals surface area contributed by atoms with Crippen molar-refractivity contribution in [3.8, 4) is 5.75 Å². The van der Waals surface area contributed by atoms with E-state index < -0.39 is 21.3 Å². The summed E-state index contributed by atoms with van der Waals surface area (Å²) in [6.07, 6.45) is 2.43. The highest BCUT2D eigenvalue weighted by atomic mass is 35.5. The van der Waals surface area contributed by atoms with Crippen molar-refractivity contribution in [3.05, 3.63) is 51.6 Å². The van der Waals surface area contributed by atoms with Gasteiger partial charge in [0.2, 0.25) is 5.78 Å². The van der Waals surface area contributed by atoms with Crippen LogP contribution in [0.4, 0.5) is 5.69 Å². The largest absolute Gasteiger partial charge is 0.511 e. The maximum absolute atomic E-state index is 13.1. The van der Waals surface area contributed by atoms with Crippen molar-refractivity contribution in [3.63, 3.8) is 0 Å². The number of halogens is 1. The average Bonchev–Trinajstić information content (AvgIpc) is 3.18. The lowest BCUT2D eigenvalue weighted by Crippen LogP contribution is -2.20. The lowest BCUT2D eigenvalue weighted by molar-refractivity contribution is -0.116. The minimum absolute atomic E-state index is 0.000559. The first-order chi connectivity index (χ1) is 13.3. The van der Waals surface area contributed by atoms with E-state index in [1.165, 1.54) is 36.8 Å². The zero-order valence-corrected chi connectivity index (χ0v) is 17.6. The van der Waals surface area contributed by atoms with Crippen molar-refractivity contribution >= 4 is 49.9 Å². The van der Waals surface area contributed by atoms with Crippen molar-refractivity contribution in [1.82, 2.24) is 0 Å². The SMILES string of the molecule is COc1ccc(C(=O)C2=C(O)CCCC2=O)c(Cl)c1N=S(C)(=O)c1cccs1. The number of ketones is 2. The lowest BCUT2D eigenvalue weighted by Gasteiger charge is -2.16. The van der Waals surface area contributed by atoms with Gasteiger partial charge in [-0.05, 0) is 30.0 Å². The van der Waals surface area contributed by atoms with Crippen LogP contribution in [0.1, 0.15) is 29.6 Å². The first kappa shape index (κ1) is 20.6. The second kappa shape index (κ2) is 8.06. The second-order valence-corrected chi connectivity index (χ2v) is 10.0. The van der Waals surface area contributed by atoms with Gasteiger partial charge >= 0.3 is 0 Å². The normalized spacial score (nSPS) is 16.6. The first-order valence-electron chi connectivity index (χ1n) is 8.38. The Hall–Kier alpha value is -2.16. The molecule has 1 aromatic heterocycles. The summed E-state index contributed by atoms with van der Waals surface area (Å²) in [5.41, 5.74) is -0.182. The van der Waals surface area contributed by atoms with Crippen LogP contribution >= 0.6 is 22.9 Å². The van der Waals surface area contributed by atoms with Gasteiger partial charge in [0.15, 0.2) is 5.78 Å². The highest BCUT2D eigenvalue weighted by Gasteiger charge is 2.30. The van der Waals surface area contributed by atoms with E-state index >= 15 is 0 Å². The number of carbonyl (C=O) groups excluding carboxylic acids is 2. The van der Waals surface area contributed by atoms with Crippen LogP contribution in [0.5, 0.6) is 5.75 Å². The molecule has 3 rings (SSSR count). The molecule has 9 heteroatoms. The highest BCUT2D eigenvalue weighted by molar-refractivity contribution is 7.95. The van der Waals surface area contributed by atoms with E-state index in [0.717, 1.165) is 0 Å². The number of aliphatic hydroxyl groups is 1. The highest BCUT2D eigenvalue weighted by Crippen LogP contribution is 2.41. The van der Waals surface area contributed by atoms with Crippen molar-refractivity contribution in [1.29, 1.82) is 0 Å². The molecule has 0 bridgehead atoms. The fraction of sp³-hybridized carbons (Fsp3) is 0.263. The van der Waals surface area contributed by atoms with Crippen LogP contribution in [0.3, 0.4) is 0 Å². The minimum atomic E-state index is -2.82. The van der Waals surface area contributed by atoms with Crippen molar-refractivity contribution in [2.24, 2.45) is 4.36 Å². The quantitative estimate of drug-likeness (QED) is 0.525. The fourth-order valence-electron chi connectivity index (χ4n) is 2.89. The van der Waals surface area contributed by atoms with Crippen molar-refractivity contribution in [2.75, 3.05) is 13.4 Å². The van der Waals surface area contributed by atoms with Gasteiger partial charge in [-0.25, -0.2) is 4.21 Å². The molecule has 1 heterocycles. The maximum Gasteiger partial charge on any atom is 0.201 e.